The smallest absolute Gasteiger partial charge is 0.220 e. The number of rotatable bonds is 41. The van der Waals surface area contributed by atoms with Gasteiger partial charge in [-0.3, -0.25) is 4.79 Å². The second-order valence-electron chi connectivity index (χ2n) is 15.4. The van der Waals surface area contributed by atoms with E-state index >= 15 is 0 Å². The van der Waals surface area contributed by atoms with Crippen molar-refractivity contribution in [2.75, 3.05) is 6.61 Å². The average Bonchev–Trinajstić information content (AvgIpc) is 3.16. The van der Waals surface area contributed by atoms with Gasteiger partial charge in [0.1, 0.15) is 0 Å². The lowest BCUT2D eigenvalue weighted by atomic mass is 10.1. The van der Waals surface area contributed by atoms with Crippen LogP contribution in [0.5, 0.6) is 0 Å². The van der Waals surface area contributed by atoms with Gasteiger partial charge in [0.15, 0.2) is 0 Å². The summed E-state index contributed by atoms with van der Waals surface area (Å²) in [5.41, 5.74) is 0. The fourth-order valence-electron chi connectivity index (χ4n) is 6.65. The van der Waals surface area contributed by atoms with Gasteiger partial charge in [-0.2, -0.15) is 0 Å². The molecule has 0 aliphatic heterocycles. The summed E-state index contributed by atoms with van der Waals surface area (Å²) < 4.78 is 0. The summed E-state index contributed by atoms with van der Waals surface area (Å²) in [5, 5.41) is 23.0. The van der Waals surface area contributed by atoms with Gasteiger partial charge in [0.05, 0.1) is 18.8 Å². The van der Waals surface area contributed by atoms with Gasteiger partial charge in [-0.05, 0) is 77.0 Å². The minimum Gasteiger partial charge on any atom is -0.394 e. The summed E-state index contributed by atoms with van der Waals surface area (Å²) >= 11 is 0. The van der Waals surface area contributed by atoms with Crippen LogP contribution >= 0.6 is 0 Å². The number of hydrogen-bond donors (Lipinski definition) is 3. The molecule has 0 radical (unpaired) electrons. The van der Waals surface area contributed by atoms with Crippen LogP contribution in [0.15, 0.2) is 60.8 Å². The van der Waals surface area contributed by atoms with Crippen molar-refractivity contribution in [1.82, 2.24) is 5.32 Å². The molecule has 0 saturated heterocycles. The fourth-order valence-corrected chi connectivity index (χ4v) is 6.65. The molecule has 0 rings (SSSR count). The molecule has 2 unspecified atom stereocenters. The van der Waals surface area contributed by atoms with Gasteiger partial charge in [-0.1, -0.05) is 203 Å². The van der Waals surface area contributed by atoms with Crippen LogP contribution in [0.3, 0.4) is 0 Å². The molecule has 0 aromatic rings. The van der Waals surface area contributed by atoms with E-state index in [2.05, 4.69) is 67.8 Å². The zero-order chi connectivity index (χ0) is 38.6. The Kier molecular flexibility index (Phi) is 42.9. The van der Waals surface area contributed by atoms with Crippen LogP contribution in [0.25, 0.3) is 0 Å². The van der Waals surface area contributed by atoms with Crippen LogP contribution in [-0.4, -0.2) is 34.9 Å². The van der Waals surface area contributed by atoms with Crippen LogP contribution in [0.4, 0.5) is 0 Å². The van der Waals surface area contributed by atoms with Crippen molar-refractivity contribution in [3.63, 3.8) is 0 Å². The third-order valence-electron chi connectivity index (χ3n) is 10.2. The van der Waals surface area contributed by atoms with Crippen molar-refractivity contribution in [2.24, 2.45) is 0 Å². The fraction of sp³-hybridized carbons (Fsp3) is 0.776. The second-order valence-corrected chi connectivity index (χ2v) is 15.4. The Bertz CT molecular complexity index is 888. The highest BCUT2D eigenvalue weighted by Gasteiger charge is 2.17. The summed E-state index contributed by atoms with van der Waals surface area (Å²) in [6.07, 6.45) is 61.9. The Morgan fingerprint density at radius 3 is 1.21 bits per heavy atom. The monoisotopic (exact) mass is 740 g/mol. The van der Waals surface area contributed by atoms with Crippen LogP contribution in [0, 0.1) is 0 Å². The number of aliphatic hydroxyl groups is 2. The minimum absolute atomic E-state index is 0.0835. The Morgan fingerprint density at radius 2 is 0.792 bits per heavy atom. The van der Waals surface area contributed by atoms with Crippen molar-refractivity contribution in [3.05, 3.63) is 60.8 Å². The number of hydrogen-bond acceptors (Lipinski definition) is 3. The lowest BCUT2D eigenvalue weighted by Crippen LogP contribution is -2.45. The lowest BCUT2D eigenvalue weighted by molar-refractivity contribution is -0.123. The third-order valence-corrected chi connectivity index (χ3v) is 10.2. The first-order valence-electron chi connectivity index (χ1n) is 23.0. The molecule has 0 heterocycles. The average molecular weight is 740 g/mol. The molecule has 2 atom stereocenters. The molecule has 3 N–H and O–H groups in total. The highest BCUT2D eigenvalue weighted by atomic mass is 16.3. The number of allylic oxidation sites excluding steroid dienone is 9. The zero-order valence-electron chi connectivity index (χ0n) is 35.3. The molecule has 0 bridgehead atoms. The van der Waals surface area contributed by atoms with E-state index in [0.717, 1.165) is 44.9 Å². The van der Waals surface area contributed by atoms with E-state index in [-0.39, 0.29) is 12.5 Å². The van der Waals surface area contributed by atoms with Crippen LogP contribution in [0.2, 0.25) is 0 Å². The normalized spacial score (nSPS) is 13.5. The van der Waals surface area contributed by atoms with Gasteiger partial charge < -0.3 is 15.5 Å². The van der Waals surface area contributed by atoms with Crippen LogP contribution in [-0.2, 0) is 4.79 Å². The summed E-state index contributed by atoms with van der Waals surface area (Å²) in [6.45, 7) is 4.28. The molecule has 0 aliphatic carbocycles. The molecule has 0 aromatic heterocycles. The molecular formula is C49H89NO3. The van der Waals surface area contributed by atoms with Crippen molar-refractivity contribution < 1.29 is 15.0 Å². The summed E-state index contributed by atoms with van der Waals surface area (Å²) in [7, 11) is 0. The number of nitrogens with one attached hydrogen (secondary N) is 1. The predicted molar refractivity (Wildman–Crippen MR) is 234 cm³/mol. The molecule has 4 heteroatoms. The van der Waals surface area contributed by atoms with Gasteiger partial charge in [0, 0.05) is 6.42 Å². The Labute approximate surface area is 330 Å². The molecule has 0 saturated carbocycles. The Balaban J connectivity index is 3.65. The maximum absolute atomic E-state index is 12.4. The number of carbonyl (C=O) groups excluding carboxylic acids is 1. The quantitative estimate of drug-likeness (QED) is 0.0432. The van der Waals surface area contributed by atoms with E-state index in [1.54, 1.807) is 6.08 Å². The molecule has 4 nitrogen and oxygen atoms in total. The molecule has 1 amide bonds. The van der Waals surface area contributed by atoms with E-state index in [1.807, 2.05) is 6.08 Å². The lowest BCUT2D eigenvalue weighted by Gasteiger charge is -2.19. The maximum atomic E-state index is 12.4. The number of aliphatic hydroxyl groups excluding tert-OH is 2. The maximum Gasteiger partial charge on any atom is 0.220 e. The van der Waals surface area contributed by atoms with Crippen molar-refractivity contribution in [2.45, 2.75) is 238 Å². The van der Waals surface area contributed by atoms with E-state index in [4.69, 9.17) is 0 Å². The van der Waals surface area contributed by atoms with Gasteiger partial charge in [-0.15, -0.1) is 0 Å². The van der Waals surface area contributed by atoms with E-state index < -0.39 is 12.1 Å². The first-order valence-corrected chi connectivity index (χ1v) is 23.0. The van der Waals surface area contributed by atoms with Crippen molar-refractivity contribution in [1.29, 1.82) is 0 Å². The molecular weight excluding hydrogens is 651 g/mol. The molecule has 308 valence electrons. The van der Waals surface area contributed by atoms with Gasteiger partial charge in [0.25, 0.3) is 0 Å². The predicted octanol–water partition coefficient (Wildman–Crippen LogP) is 14.5. The second kappa shape index (κ2) is 44.5. The number of unbranched alkanes of at least 4 members (excludes halogenated alkanes) is 26. The van der Waals surface area contributed by atoms with Crippen LogP contribution in [0.1, 0.15) is 226 Å². The van der Waals surface area contributed by atoms with E-state index in [0.29, 0.717) is 6.42 Å². The van der Waals surface area contributed by atoms with Crippen LogP contribution < -0.4 is 5.32 Å². The molecule has 53 heavy (non-hydrogen) atoms. The largest absolute Gasteiger partial charge is 0.394 e. The van der Waals surface area contributed by atoms with Gasteiger partial charge in [-0.25, -0.2) is 0 Å². The van der Waals surface area contributed by atoms with Crippen molar-refractivity contribution in [3.8, 4) is 0 Å². The zero-order valence-corrected chi connectivity index (χ0v) is 35.3. The minimum atomic E-state index is -0.874. The Morgan fingerprint density at radius 1 is 0.453 bits per heavy atom. The number of carbonyl (C=O) groups is 1. The van der Waals surface area contributed by atoms with Gasteiger partial charge >= 0.3 is 0 Å². The number of amides is 1. The van der Waals surface area contributed by atoms with Crippen molar-refractivity contribution >= 4 is 5.91 Å². The van der Waals surface area contributed by atoms with E-state index in [9.17, 15) is 15.0 Å². The first-order chi connectivity index (χ1) is 26.2. The summed E-state index contributed by atoms with van der Waals surface area (Å²) in [5.74, 6) is -0.0835. The molecule has 0 fully saturated rings. The first kappa shape index (κ1) is 51.1. The van der Waals surface area contributed by atoms with Gasteiger partial charge in [0.2, 0.25) is 5.91 Å². The topological polar surface area (TPSA) is 69.6 Å². The standard InChI is InChI=1S/C49H89NO3/c1-3-5-7-9-11-13-15-17-19-21-23-25-27-29-31-33-35-37-39-41-43-45-49(53)50-47(46-51)48(52)44-42-40-38-36-34-32-30-28-26-24-22-20-18-16-14-12-10-8-6-4-2/h15,17,21,23,26,28,34,36,42,44,47-48,51-52H,3-14,16,18-20,22,24-25,27,29-33,35,37-41,43,45-46H2,1-2H3,(H,50,53)/b17-15-,23-21-,28-26+,36-34+,44-42+. The summed E-state index contributed by atoms with van der Waals surface area (Å²) in [4.78, 5) is 12.4. The molecule has 0 spiro atoms. The SMILES string of the molecule is CCCCCCC/C=C\C/C=C\CCCCCCCCCCCC(=O)NC(CO)C(O)/C=C/CC/C=C/CC/C=C/CCCCCCCCCCCC. The Hall–Kier alpha value is -1.91. The highest BCUT2D eigenvalue weighted by molar-refractivity contribution is 5.76. The molecule has 0 aromatic carbocycles. The molecule has 0 aliphatic rings. The third kappa shape index (κ3) is 41.1. The van der Waals surface area contributed by atoms with E-state index in [1.165, 1.54) is 161 Å². The summed E-state index contributed by atoms with van der Waals surface area (Å²) in [6, 6.07) is -0.649. The highest BCUT2D eigenvalue weighted by Crippen LogP contribution is 2.14.